The number of hydrogen-bond acceptors (Lipinski definition) is 2. The minimum absolute atomic E-state index is 0.0661. The highest BCUT2D eigenvalue weighted by atomic mass is 16.2. The zero-order valence-corrected chi connectivity index (χ0v) is 17.6. The van der Waals surface area contributed by atoms with Crippen molar-refractivity contribution in [2.24, 2.45) is 34.5 Å². The summed E-state index contributed by atoms with van der Waals surface area (Å²) < 4.78 is 0. The van der Waals surface area contributed by atoms with Gasteiger partial charge in [0.05, 0.1) is 0 Å². The molecule has 4 rings (SSSR count). The Hall–Kier alpha value is -1.32. The van der Waals surface area contributed by atoms with Crippen molar-refractivity contribution in [1.82, 2.24) is 10.6 Å². The van der Waals surface area contributed by atoms with E-state index in [1.165, 1.54) is 19.3 Å². The number of carbonyl (C=O) groups excluding carboxylic acids is 2. The van der Waals surface area contributed by atoms with Gasteiger partial charge in [-0.15, -0.1) is 0 Å². The summed E-state index contributed by atoms with van der Waals surface area (Å²) in [5, 5.41) is 6.48. The van der Waals surface area contributed by atoms with Crippen molar-refractivity contribution in [1.29, 1.82) is 0 Å². The zero-order chi connectivity index (χ0) is 19.6. The van der Waals surface area contributed by atoms with E-state index >= 15 is 0 Å². The fourth-order valence-corrected chi connectivity index (χ4v) is 7.22. The van der Waals surface area contributed by atoms with Gasteiger partial charge in [0, 0.05) is 22.9 Å². The molecular weight excluding hydrogens is 336 g/mol. The van der Waals surface area contributed by atoms with Gasteiger partial charge in [0.15, 0.2) is 0 Å². The first-order valence-corrected chi connectivity index (χ1v) is 10.9. The summed E-state index contributed by atoms with van der Waals surface area (Å²) in [6.07, 6.45) is 10.7. The van der Waals surface area contributed by atoms with Crippen molar-refractivity contribution in [3.63, 3.8) is 0 Å². The van der Waals surface area contributed by atoms with Crippen LogP contribution >= 0.6 is 0 Å². The van der Waals surface area contributed by atoms with Gasteiger partial charge in [-0.2, -0.15) is 0 Å². The third-order valence-corrected chi connectivity index (χ3v) is 8.50. The van der Waals surface area contributed by atoms with Crippen LogP contribution in [0.5, 0.6) is 0 Å². The van der Waals surface area contributed by atoms with Crippen LogP contribution < -0.4 is 10.6 Å². The molecule has 2 unspecified atom stereocenters. The summed E-state index contributed by atoms with van der Waals surface area (Å²) in [6, 6.07) is 0.280. The Morgan fingerprint density at radius 2 is 1.85 bits per heavy atom. The Balaban J connectivity index is 1.58. The first-order chi connectivity index (χ1) is 12.5. The molecule has 4 nitrogen and oxygen atoms in total. The molecule has 4 aliphatic rings. The van der Waals surface area contributed by atoms with Crippen molar-refractivity contribution >= 4 is 11.8 Å². The van der Waals surface area contributed by atoms with E-state index in [0.29, 0.717) is 17.8 Å². The summed E-state index contributed by atoms with van der Waals surface area (Å²) >= 11 is 0. The van der Waals surface area contributed by atoms with E-state index in [0.717, 1.165) is 19.3 Å². The third kappa shape index (κ3) is 2.94. The van der Waals surface area contributed by atoms with E-state index in [4.69, 9.17) is 0 Å². The minimum Gasteiger partial charge on any atom is -0.351 e. The molecule has 150 valence electrons. The molecule has 4 heteroatoms. The second-order valence-corrected chi connectivity index (χ2v) is 11.1. The van der Waals surface area contributed by atoms with Crippen molar-refractivity contribution in [3.8, 4) is 0 Å². The molecule has 3 aliphatic carbocycles. The standard InChI is InChI=1S/C23H36N2O2/c1-21(2,3)25-20(27)17-8-7-15-14-6-9-18-23(5,13-11-19(26)24-18)16(14)10-12-22(15,17)4/h11,13-18H,6-10,12H2,1-5H3,(H,24,26)(H,25,27)/t14-,15-,16+,17?,18?,22-,23+/m0/s1. The van der Waals surface area contributed by atoms with Crippen LogP contribution in [-0.4, -0.2) is 23.4 Å². The van der Waals surface area contributed by atoms with Crippen LogP contribution in [-0.2, 0) is 9.59 Å². The van der Waals surface area contributed by atoms with E-state index in [-0.39, 0.29) is 40.1 Å². The van der Waals surface area contributed by atoms with E-state index in [1.54, 1.807) is 6.08 Å². The number of fused-ring (bicyclic) bond motifs is 5. The second kappa shape index (κ2) is 6.09. The van der Waals surface area contributed by atoms with Crippen molar-refractivity contribution in [3.05, 3.63) is 12.2 Å². The Morgan fingerprint density at radius 1 is 1.11 bits per heavy atom. The maximum absolute atomic E-state index is 13.0. The van der Waals surface area contributed by atoms with Gasteiger partial charge in [-0.05, 0) is 88.5 Å². The van der Waals surface area contributed by atoms with Gasteiger partial charge in [-0.25, -0.2) is 0 Å². The Morgan fingerprint density at radius 3 is 2.56 bits per heavy atom. The van der Waals surface area contributed by atoms with Gasteiger partial charge in [0.25, 0.3) is 0 Å². The first kappa shape index (κ1) is 19.0. The summed E-state index contributed by atoms with van der Waals surface area (Å²) in [4.78, 5) is 24.9. The van der Waals surface area contributed by atoms with Crippen LogP contribution in [0, 0.1) is 34.5 Å². The normalized spacial score (nSPS) is 46.1. The largest absolute Gasteiger partial charge is 0.351 e. The SMILES string of the molecule is CC(C)(C)NC(=O)C1CC[C@H]2[C@@H]3CCC4NC(=O)C=C[C@]4(C)[C@@H]3CC[C@]12C. The fraction of sp³-hybridized carbons (Fsp3) is 0.826. The van der Waals surface area contributed by atoms with Gasteiger partial charge in [0.1, 0.15) is 0 Å². The summed E-state index contributed by atoms with van der Waals surface area (Å²) in [5.74, 6) is 2.41. The molecule has 0 spiro atoms. The monoisotopic (exact) mass is 372 g/mol. The Bertz CT molecular complexity index is 678. The highest BCUT2D eigenvalue weighted by molar-refractivity contribution is 5.89. The van der Waals surface area contributed by atoms with Crippen molar-refractivity contribution in [2.45, 2.75) is 84.7 Å². The molecule has 2 N–H and O–H groups in total. The summed E-state index contributed by atoms with van der Waals surface area (Å²) in [7, 11) is 0. The number of amides is 2. The quantitative estimate of drug-likeness (QED) is 0.735. The third-order valence-electron chi connectivity index (χ3n) is 8.50. The lowest BCUT2D eigenvalue weighted by Gasteiger charge is -2.58. The van der Waals surface area contributed by atoms with Crippen LogP contribution in [0.25, 0.3) is 0 Å². The van der Waals surface area contributed by atoms with Gasteiger partial charge in [-0.1, -0.05) is 19.9 Å². The van der Waals surface area contributed by atoms with Crippen LogP contribution in [0.2, 0.25) is 0 Å². The summed E-state index contributed by atoms with van der Waals surface area (Å²) in [5.41, 5.74) is 0.0323. The molecule has 0 radical (unpaired) electrons. The van der Waals surface area contributed by atoms with Gasteiger partial charge < -0.3 is 10.6 Å². The summed E-state index contributed by atoms with van der Waals surface area (Å²) in [6.45, 7) is 11.0. The van der Waals surface area contributed by atoms with Crippen molar-refractivity contribution in [2.75, 3.05) is 0 Å². The Labute approximate surface area is 163 Å². The highest BCUT2D eigenvalue weighted by Gasteiger charge is 2.60. The molecular formula is C23H36N2O2. The minimum atomic E-state index is -0.167. The predicted molar refractivity (Wildman–Crippen MR) is 107 cm³/mol. The van der Waals surface area contributed by atoms with E-state index in [2.05, 4.69) is 51.3 Å². The fourth-order valence-electron chi connectivity index (χ4n) is 7.22. The molecule has 0 saturated heterocycles. The number of nitrogens with one attached hydrogen (secondary N) is 2. The highest BCUT2D eigenvalue weighted by Crippen LogP contribution is 2.65. The van der Waals surface area contributed by atoms with E-state index in [1.807, 2.05) is 0 Å². The molecule has 0 bridgehead atoms. The maximum Gasteiger partial charge on any atom is 0.243 e. The molecule has 3 saturated carbocycles. The van der Waals surface area contributed by atoms with E-state index in [9.17, 15) is 9.59 Å². The average Bonchev–Trinajstić information content (AvgIpc) is 2.91. The van der Waals surface area contributed by atoms with Crippen LogP contribution in [0.4, 0.5) is 0 Å². The smallest absolute Gasteiger partial charge is 0.243 e. The lowest BCUT2D eigenvalue weighted by molar-refractivity contribution is -0.135. The molecule has 1 aliphatic heterocycles. The first-order valence-electron chi connectivity index (χ1n) is 10.9. The molecule has 2 amide bonds. The predicted octanol–water partition coefficient (Wildman–Crippen LogP) is 3.81. The van der Waals surface area contributed by atoms with Crippen molar-refractivity contribution < 1.29 is 9.59 Å². The molecule has 7 atom stereocenters. The second-order valence-electron chi connectivity index (χ2n) is 11.1. The lowest BCUT2D eigenvalue weighted by atomic mass is 9.48. The lowest BCUT2D eigenvalue weighted by Crippen LogP contribution is -2.59. The molecule has 0 aromatic carbocycles. The number of hydrogen-bond donors (Lipinski definition) is 2. The van der Waals surface area contributed by atoms with Gasteiger partial charge in [-0.3, -0.25) is 9.59 Å². The number of rotatable bonds is 1. The van der Waals surface area contributed by atoms with Crippen LogP contribution in [0.15, 0.2) is 12.2 Å². The van der Waals surface area contributed by atoms with Gasteiger partial charge in [0.2, 0.25) is 11.8 Å². The van der Waals surface area contributed by atoms with Gasteiger partial charge >= 0.3 is 0 Å². The van der Waals surface area contributed by atoms with Crippen LogP contribution in [0.3, 0.4) is 0 Å². The average molecular weight is 373 g/mol. The molecule has 27 heavy (non-hydrogen) atoms. The topological polar surface area (TPSA) is 58.2 Å². The van der Waals surface area contributed by atoms with E-state index < -0.39 is 0 Å². The Kier molecular flexibility index (Phi) is 4.29. The maximum atomic E-state index is 13.0. The molecule has 0 aromatic heterocycles. The molecule has 1 heterocycles. The number of carbonyl (C=O) groups is 2. The van der Waals surface area contributed by atoms with Crippen LogP contribution in [0.1, 0.15) is 73.1 Å². The molecule has 3 fully saturated rings. The molecule has 0 aromatic rings. The zero-order valence-electron chi connectivity index (χ0n) is 17.6.